The number of carbonyl (C=O) groups is 1. The molecule has 0 aliphatic heterocycles. The van der Waals surface area contributed by atoms with Gasteiger partial charge in [0, 0.05) is 19.8 Å². The summed E-state index contributed by atoms with van der Waals surface area (Å²) in [5, 5.41) is 17.7. The maximum Gasteiger partial charge on any atom is 0.239 e. The lowest BCUT2D eigenvalue weighted by molar-refractivity contribution is -0.119. The van der Waals surface area contributed by atoms with Crippen LogP contribution in [0.2, 0.25) is 0 Å². The Morgan fingerprint density at radius 2 is 2.53 bits per heavy atom. The predicted molar refractivity (Wildman–Crippen MR) is 54.9 cm³/mol. The maximum absolute atomic E-state index is 11.2. The molecule has 0 saturated heterocycles. The van der Waals surface area contributed by atoms with Gasteiger partial charge in [-0.25, -0.2) is 0 Å². The third-order valence-corrected chi connectivity index (χ3v) is 1.72. The fourth-order valence-corrected chi connectivity index (χ4v) is 1.02. The number of anilines is 1. The maximum atomic E-state index is 11.2. The van der Waals surface area contributed by atoms with Crippen molar-refractivity contribution in [3.05, 3.63) is 12.4 Å². The highest BCUT2D eigenvalue weighted by Gasteiger charge is 2.00. The Labute approximate surface area is 87.9 Å². The normalized spacial score (nSPS) is 9.33. The van der Waals surface area contributed by atoms with Crippen molar-refractivity contribution in [2.75, 3.05) is 18.4 Å². The Balaban J connectivity index is 2.20. The molecule has 0 atom stereocenters. The van der Waals surface area contributed by atoms with Gasteiger partial charge in [-0.3, -0.25) is 9.48 Å². The number of aryl methyl sites for hydroxylation is 1. The first-order valence-corrected chi connectivity index (χ1v) is 4.58. The van der Waals surface area contributed by atoms with Crippen molar-refractivity contribution in [2.24, 2.45) is 7.05 Å². The van der Waals surface area contributed by atoms with Gasteiger partial charge < -0.3 is 10.6 Å². The van der Waals surface area contributed by atoms with Gasteiger partial charge in [0.25, 0.3) is 0 Å². The molecule has 1 amide bonds. The van der Waals surface area contributed by atoms with Crippen LogP contribution in [0.4, 0.5) is 5.69 Å². The molecule has 6 nitrogen and oxygen atoms in total. The van der Waals surface area contributed by atoms with Crippen molar-refractivity contribution >= 4 is 11.6 Å². The fraction of sp³-hybridized carbons (Fsp3) is 0.444. The fourth-order valence-electron chi connectivity index (χ4n) is 1.02. The molecule has 15 heavy (non-hydrogen) atoms. The highest BCUT2D eigenvalue weighted by atomic mass is 16.1. The zero-order valence-electron chi connectivity index (χ0n) is 8.53. The van der Waals surface area contributed by atoms with E-state index in [1.54, 1.807) is 24.1 Å². The van der Waals surface area contributed by atoms with Gasteiger partial charge in [-0.15, -0.1) is 0 Å². The van der Waals surface area contributed by atoms with Gasteiger partial charge in [0.15, 0.2) is 0 Å². The summed E-state index contributed by atoms with van der Waals surface area (Å²) >= 11 is 0. The van der Waals surface area contributed by atoms with Crippen molar-refractivity contribution in [1.29, 1.82) is 5.26 Å². The van der Waals surface area contributed by atoms with Gasteiger partial charge in [0.05, 0.1) is 30.9 Å². The molecule has 0 aliphatic rings. The summed E-state index contributed by atoms with van der Waals surface area (Å²) in [6.45, 7) is 0.584. The van der Waals surface area contributed by atoms with Gasteiger partial charge in [-0.05, 0) is 0 Å². The molecule has 6 heteroatoms. The lowest BCUT2D eigenvalue weighted by Gasteiger charge is -2.03. The van der Waals surface area contributed by atoms with E-state index in [0.717, 1.165) is 5.69 Å². The Bertz CT molecular complexity index is 365. The van der Waals surface area contributed by atoms with Crippen LogP contribution in [0.15, 0.2) is 12.4 Å². The van der Waals surface area contributed by atoms with E-state index < -0.39 is 0 Å². The van der Waals surface area contributed by atoms with Crippen LogP contribution in [-0.2, 0) is 11.8 Å². The Hall–Kier alpha value is -2.03. The second-order valence-electron chi connectivity index (χ2n) is 3.01. The molecule has 0 radical (unpaired) electrons. The van der Waals surface area contributed by atoms with Crippen molar-refractivity contribution in [3.8, 4) is 6.07 Å². The number of rotatable bonds is 5. The molecular weight excluding hydrogens is 194 g/mol. The number of nitrogens with one attached hydrogen (secondary N) is 2. The molecule has 0 aliphatic carbocycles. The average Bonchev–Trinajstić information content (AvgIpc) is 2.62. The molecule has 0 unspecified atom stereocenters. The van der Waals surface area contributed by atoms with Crippen LogP contribution in [0.3, 0.4) is 0 Å². The number of amides is 1. The number of hydrogen-bond donors (Lipinski definition) is 2. The van der Waals surface area contributed by atoms with E-state index in [4.69, 9.17) is 5.26 Å². The zero-order chi connectivity index (χ0) is 11.1. The molecule has 1 aromatic rings. The lowest BCUT2D eigenvalue weighted by Crippen LogP contribution is -2.30. The summed E-state index contributed by atoms with van der Waals surface area (Å²) in [6, 6.07) is 1.95. The Kier molecular flexibility index (Phi) is 4.16. The number of nitrogens with zero attached hydrogens (tertiary/aromatic N) is 3. The SMILES string of the molecule is Cn1cc(NCC(=O)NCCC#N)cn1. The third kappa shape index (κ3) is 4.13. The summed E-state index contributed by atoms with van der Waals surface area (Å²) in [4.78, 5) is 11.2. The van der Waals surface area contributed by atoms with Gasteiger partial charge in [0.1, 0.15) is 0 Å². The summed E-state index contributed by atoms with van der Waals surface area (Å²) in [5.41, 5.74) is 0.799. The quantitative estimate of drug-likeness (QED) is 0.658. The topological polar surface area (TPSA) is 82.7 Å². The molecule has 80 valence electrons. The summed E-state index contributed by atoms with van der Waals surface area (Å²) < 4.78 is 1.65. The summed E-state index contributed by atoms with van der Waals surface area (Å²) in [6.07, 6.45) is 3.75. The van der Waals surface area contributed by atoms with Crippen LogP contribution in [-0.4, -0.2) is 28.8 Å². The predicted octanol–water partition coefficient (Wildman–Crippen LogP) is -0.138. The minimum atomic E-state index is -0.130. The molecule has 0 spiro atoms. The highest BCUT2D eigenvalue weighted by molar-refractivity contribution is 5.80. The molecule has 0 aromatic carbocycles. The monoisotopic (exact) mass is 207 g/mol. The molecule has 0 bridgehead atoms. The van der Waals surface area contributed by atoms with Crippen LogP contribution in [0, 0.1) is 11.3 Å². The summed E-state index contributed by atoms with van der Waals surface area (Å²) in [5.74, 6) is -0.130. The minimum absolute atomic E-state index is 0.130. The largest absolute Gasteiger partial charge is 0.374 e. The third-order valence-electron chi connectivity index (χ3n) is 1.72. The number of aromatic nitrogens is 2. The first-order valence-electron chi connectivity index (χ1n) is 4.58. The first kappa shape index (κ1) is 11.0. The van der Waals surface area contributed by atoms with E-state index >= 15 is 0 Å². The number of nitriles is 1. The molecule has 1 rings (SSSR count). The van der Waals surface area contributed by atoms with Crippen LogP contribution in [0.5, 0.6) is 0 Å². The molecule has 1 heterocycles. The van der Waals surface area contributed by atoms with Crippen LogP contribution in [0.1, 0.15) is 6.42 Å². The van der Waals surface area contributed by atoms with Crippen LogP contribution >= 0.6 is 0 Å². The number of carbonyl (C=O) groups excluding carboxylic acids is 1. The van der Waals surface area contributed by atoms with Crippen molar-refractivity contribution in [3.63, 3.8) is 0 Å². The first-order chi connectivity index (χ1) is 7.22. The lowest BCUT2D eigenvalue weighted by atomic mass is 10.4. The second-order valence-corrected chi connectivity index (χ2v) is 3.01. The van der Waals surface area contributed by atoms with Crippen LogP contribution in [0.25, 0.3) is 0 Å². The molecule has 1 aromatic heterocycles. The van der Waals surface area contributed by atoms with E-state index in [0.29, 0.717) is 13.0 Å². The van der Waals surface area contributed by atoms with Crippen molar-refractivity contribution < 1.29 is 4.79 Å². The smallest absolute Gasteiger partial charge is 0.239 e. The zero-order valence-corrected chi connectivity index (χ0v) is 8.53. The Morgan fingerprint density at radius 3 is 3.13 bits per heavy atom. The van der Waals surface area contributed by atoms with Gasteiger partial charge in [-0.2, -0.15) is 10.4 Å². The molecule has 2 N–H and O–H groups in total. The average molecular weight is 207 g/mol. The second kappa shape index (κ2) is 5.65. The van der Waals surface area contributed by atoms with Crippen LogP contribution < -0.4 is 10.6 Å². The van der Waals surface area contributed by atoms with E-state index in [-0.39, 0.29) is 12.5 Å². The summed E-state index contributed by atoms with van der Waals surface area (Å²) in [7, 11) is 1.80. The molecule has 0 saturated carbocycles. The van der Waals surface area contributed by atoms with E-state index in [2.05, 4.69) is 15.7 Å². The Morgan fingerprint density at radius 1 is 1.73 bits per heavy atom. The van der Waals surface area contributed by atoms with Crippen molar-refractivity contribution in [2.45, 2.75) is 6.42 Å². The van der Waals surface area contributed by atoms with E-state index in [9.17, 15) is 4.79 Å². The van der Waals surface area contributed by atoms with E-state index in [1.165, 1.54) is 0 Å². The standard InChI is InChI=1S/C9H13N5O/c1-14-7-8(5-13-14)12-6-9(15)11-4-2-3-10/h5,7,12H,2,4,6H2,1H3,(H,11,15). The van der Waals surface area contributed by atoms with E-state index in [1.807, 2.05) is 6.07 Å². The van der Waals surface area contributed by atoms with Gasteiger partial charge >= 0.3 is 0 Å². The van der Waals surface area contributed by atoms with Gasteiger partial charge in [-0.1, -0.05) is 0 Å². The number of hydrogen-bond acceptors (Lipinski definition) is 4. The van der Waals surface area contributed by atoms with Gasteiger partial charge in [0.2, 0.25) is 5.91 Å². The molecule has 0 fully saturated rings. The molecular formula is C9H13N5O. The highest BCUT2D eigenvalue weighted by Crippen LogP contribution is 2.01. The minimum Gasteiger partial charge on any atom is -0.374 e. The van der Waals surface area contributed by atoms with Crippen molar-refractivity contribution in [1.82, 2.24) is 15.1 Å².